The number of hydrogen-bond donors (Lipinski definition) is 3. The molecule has 0 unspecified atom stereocenters. The van der Waals surface area contributed by atoms with Gasteiger partial charge in [0.15, 0.2) is 11.5 Å². The van der Waals surface area contributed by atoms with Gasteiger partial charge in [-0.15, -0.1) is 0 Å². The van der Waals surface area contributed by atoms with Crippen LogP contribution in [0.3, 0.4) is 0 Å². The Morgan fingerprint density at radius 2 is 1.57 bits per heavy atom. The second-order valence-corrected chi connectivity index (χ2v) is 7.20. The van der Waals surface area contributed by atoms with Gasteiger partial charge in [-0.3, -0.25) is 24.5 Å². The van der Waals surface area contributed by atoms with Crippen LogP contribution in [-0.2, 0) is 9.59 Å². The summed E-state index contributed by atoms with van der Waals surface area (Å²) in [5.74, 6) is -3.17. The van der Waals surface area contributed by atoms with E-state index in [1.165, 1.54) is 80.1 Å². The molecule has 4 N–H and O–H groups in total. The summed E-state index contributed by atoms with van der Waals surface area (Å²) in [4.78, 5) is 57.6. The Hall–Kier alpha value is -5.59. The molecule has 188 valence electrons. The molecule has 0 aliphatic heterocycles. The fraction of sp³-hybridized carbons (Fsp3) is 0.0417. The summed E-state index contributed by atoms with van der Waals surface area (Å²) in [6.45, 7) is 0. The molecule has 0 radical (unpaired) electrons. The lowest BCUT2D eigenvalue weighted by molar-refractivity contribution is -0.384. The number of nitro groups is 1. The van der Waals surface area contributed by atoms with Gasteiger partial charge in [-0.2, -0.15) is 5.10 Å². The van der Waals surface area contributed by atoms with E-state index in [0.29, 0.717) is 5.56 Å². The predicted molar refractivity (Wildman–Crippen MR) is 130 cm³/mol. The van der Waals surface area contributed by atoms with E-state index in [1.54, 1.807) is 0 Å². The third-order valence-corrected chi connectivity index (χ3v) is 4.72. The lowest BCUT2D eigenvalue weighted by Gasteiger charge is -2.10. The molecule has 0 spiro atoms. The fourth-order valence-electron chi connectivity index (χ4n) is 2.85. The van der Waals surface area contributed by atoms with Crippen molar-refractivity contribution in [3.8, 4) is 11.5 Å². The molecule has 0 aliphatic carbocycles. The molecule has 13 heteroatoms. The lowest BCUT2D eigenvalue weighted by Crippen LogP contribution is -2.32. The lowest BCUT2D eigenvalue weighted by atomic mass is 10.2. The van der Waals surface area contributed by atoms with Gasteiger partial charge in [-0.25, -0.2) is 10.2 Å². The maximum Gasteiger partial charge on any atom is 0.343 e. The Kier molecular flexibility index (Phi) is 8.23. The molecular weight excluding hydrogens is 486 g/mol. The first-order chi connectivity index (χ1) is 17.7. The SMILES string of the molecule is COc1cc(/C=N/NC(=O)C(=O)Nc2ccc(C(N)=O)cc2)ccc1OC(=O)c1ccc([N+](=O)[O-])cc1. The Morgan fingerprint density at radius 3 is 2.16 bits per heavy atom. The van der Waals surface area contributed by atoms with Gasteiger partial charge in [0.25, 0.3) is 5.69 Å². The molecule has 0 saturated carbocycles. The van der Waals surface area contributed by atoms with Gasteiger partial charge in [0.2, 0.25) is 5.91 Å². The monoisotopic (exact) mass is 505 g/mol. The van der Waals surface area contributed by atoms with E-state index in [4.69, 9.17) is 15.2 Å². The number of nitrogens with two attached hydrogens (primary N) is 1. The quantitative estimate of drug-likeness (QED) is 0.103. The number of nitrogens with zero attached hydrogens (tertiary/aromatic N) is 2. The summed E-state index contributed by atoms with van der Waals surface area (Å²) in [5, 5.41) is 16.8. The molecule has 3 amide bonds. The van der Waals surface area contributed by atoms with E-state index < -0.39 is 28.6 Å². The van der Waals surface area contributed by atoms with Crippen molar-refractivity contribution < 1.29 is 33.6 Å². The van der Waals surface area contributed by atoms with Crippen molar-refractivity contribution in [2.24, 2.45) is 10.8 Å². The molecule has 0 aliphatic rings. The van der Waals surface area contributed by atoms with E-state index in [2.05, 4.69) is 15.8 Å². The average Bonchev–Trinajstić information content (AvgIpc) is 2.89. The largest absolute Gasteiger partial charge is 0.493 e. The van der Waals surface area contributed by atoms with Crippen molar-refractivity contribution >= 4 is 41.3 Å². The molecule has 0 heterocycles. The number of nitro benzene ring substituents is 1. The van der Waals surface area contributed by atoms with Crippen molar-refractivity contribution in [3.05, 3.63) is 93.5 Å². The molecule has 0 aromatic heterocycles. The molecule has 13 nitrogen and oxygen atoms in total. The van der Waals surface area contributed by atoms with E-state index in [0.717, 1.165) is 0 Å². The smallest absolute Gasteiger partial charge is 0.343 e. The normalized spacial score (nSPS) is 10.4. The summed E-state index contributed by atoms with van der Waals surface area (Å²) in [5.41, 5.74) is 8.11. The molecule has 3 aromatic carbocycles. The van der Waals surface area contributed by atoms with Crippen molar-refractivity contribution in [2.75, 3.05) is 12.4 Å². The van der Waals surface area contributed by atoms with Crippen LogP contribution in [0.4, 0.5) is 11.4 Å². The highest BCUT2D eigenvalue weighted by molar-refractivity contribution is 6.39. The minimum absolute atomic E-state index is 0.0776. The van der Waals surface area contributed by atoms with Crippen LogP contribution in [0.5, 0.6) is 11.5 Å². The first-order valence-corrected chi connectivity index (χ1v) is 10.4. The van der Waals surface area contributed by atoms with Gasteiger partial charge < -0.3 is 20.5 Å². The average molecular weight is 505 g/mol. The predicted octanol–water partition coefficient (Wildman–Crippen LogP) is 2.01. The number of ether oxygens (including phenoxy) is 2. The van der Waals surface area contributed by atoms with Crippen LogP contribution in [0.15, 0.2) is 71.8 Å². The van der Waals surface area contributed by atoms with Crippen LogP contribution in [0.25, 0.3) is 0 Å². The van der Waals surface area contributed by atoms with Crippen LogP contribution in [-0.4, -0.2) is 41.9 Å². The number of nitrogens with one attached hydrogen (secondary N) is 2. The van der Waals surface area contributed by atoms with Crippen molar-refractivity contribution in [1.29, 1.82) is 0 Å². The summed E-state index contributed by atoms with van der Waals surface area (Å²) in [6, 6.07) is 14.9. The summed E-state index contributed by atoms with van der Waals surface area (Å²) in [6.07, 6.45) is 1.23. The first kappa shape index (κ1) is 26.0. The van der Waals surface area contributed by atoms with Gasteiger partial charge in [-0.1, -0.05) is 0 Å². The van der Waals surface area contributed by atoms with Crippen molar-refractivity contribution in [2.45, 2.75) is 0 Å². The highest BCUT2D eigenvalue weighted by atomic mass is 16.6. The number of amides is 3. The molecule has 37 heavy (non-hydrogen) atoms. The molecule has 0 atom stereocenters. The van der Waals surface area contributed by atoms with Crippen molar-refractivity contribution in [3.63, 3.8) is 0 Å². The minimum atomic E-state index is -1.05. The van der Waals surface area contributed by atoms with Crippen LogP contribution >= 0.6 is 0 Å². The second kappa shape index (κ2) is 11.7. The molecule has 0 bridgehead atoms. The van der Waals surface area contributed by atoms with Crippen molar-refractivity contribution in [1.82, 2.24) is 5.43 Å². The number of methoxy groups -OCH3 is 1. The zero-order valence-corrected chi connectivity index (χ0v) is 19.2. The highest BCUT2D eigenvalue weighted by Gasteiger charge is 2.15. The topological polar surface area (TPSA) is 192 Å². The Labute approximate surface area is 209 Å². The standard InChI is InChI=1S/C24H19N5O8/c1-36-20-12-14(2-11-19(20)37-24(33)16-5-9-18(10-6-16)29(34)35)13-26-28-23(32)22(31)27-17-7-3-15(4-8-17)21(25)30/h2-13H,1H3,(H2,25,30)(H,27,31)(H,28,32)/b26-13+. The summed E-state index contributed by atoms with van der Waals surface area (Å²) < 4.78 is 10.5. The number of esters is 1. The van der Waals surface area contributed by atoms with Crippen LogP contribution in [0.2, 0.25) is 0 Å². The van der Waals surface area contributed by atoms with Gasteiger partial charge in [-0.05, 0) is 60.2 Å². The van der Waals surface area contributed by atoms with E-state index in [-0.39, 0.29) is 34.0 Å². The number of anilines is 1. The van der Waals surface area contributed by atoms with Gasteiger partial charge in [0, 0.05) is 23.4 Å². The number of primary amides is 1. The van der Waals surface area contributed by atoms with E-state index >= 15 is 0 Å². The number of benzene rings is 3. The molecule has 0 fully saturated rings. The highest BCUT2D eigenvalue weighted by Crippen LogP contribution is 2.28. The van der Waals surface area contributed by atoms with E-state index in [9.17, 15) is 29.3 Å². The van der Waals surface area contributed by atoms with Gasteiger partial charge in [0.1, 0.15) is 0 Å². The maximum absolute atomic E-state index is 12.4. The molecule has 3 rings (SSSR count). The summed E-state index contributed by atoms with van der Waals surface area (Å²) >= 11 is 0. The molecule has 3 aromatic rings. The maximum atomic E-state index is 12.4. The fourth-order valence-corrected chi connectivity index (χ4v) is 2.85. The summed E-state index contributed by atoms with van der Waals surface area (Å²) in [7, 11) is 1.35. The second-order valence-electron chi connectivity index (χ2n) is 7.20. The molecular formula is C24H19N5O8. The Morgan fingerprint density at radius 1 is 0.919 bits per heavy atom. The third-order valence-electron chi connectivity index (χ3n) is 4.72. The third kappa shape index (κ3) is 6.95. The van der Waals surface area contributed by atoms with Gasteiger partial charge >= 0.3 is 17.8 Å². The number of rotatable bonds is 8. The van der Waals surface area contributed by atoms with Crippen LogP contribution in [0, 0.1) is 10.1 Å². The number of hydrazone groups is 1. The molecule has 0 saturated heterocycles. The Balaban J connectivity index is 1.59. The minimum Gasteiger partial charge on any atom is -0.493 e. The zero-order valence-electron chi connectivity index (χ0n) is 19.2. The van der Waals surface area contributed by atoms with E-state index in [1.807, 2.05) is 0 Å². The number of carbonyl (C=O) groups is 4. The zero-order chi connectivity index (χ0) is 26.9. The number of hydrogen-bond acceptors (Lipinski definition) is 9. The number of non-ortho nitro benzene ring substituents is 1. The Bertz CT molecular complexity index is 1390. The first-order valence-electron chi connectivity index (χ1n) is 10.4. The van der Waals surface area contributed by atoms with Crippen LogP contribution in [0.1, 0.15) is 26.3 Å². The van der Waals surface area contributed by atoms with Gasteiger partial charge in [0.05, 0.1) is 23.8 Å². The van der Waals surface area contributed by atoms with Crippen LogP contribution < -0.4 is 25.9 Å². The number of carbonyl (C=O) groups excluding carboxylic acids is 4.